The van der Waals surface area contributed by atoms with Gasteiger partial charge in [-0.1, -0.05) is 106 Å². The molecule has 0 amide bonds. The third kappa shape index (κ3) is 5.43. The van der Waals surface area contributed by atoms with Crippen LogP contribution < -0.4 is 0 Å². The number of fused-ring (bicyclic) bond motifs is 1. The first-order valence-corrected chi connectivity index (χ1v) is 15.3. The number of carbonyl (C=O) groups excluding carboxylic acids is 1. The maximum atomic E-state index is 14.6. The van der Waals surface area contributed by atoms with E-state index >= 15 is 0 Å². The molecule has 0 N–H and O–H groups in total. The summed E-state index contributed by atoms with van der Waals surface area (Å²) in [5.74, 6) is 0.0627. The van der Waals surface area contributed by atoms with Crippen molar-refractivity contribution in [3.05, 3.63) is 132 Å². The SMILES string of the molecule is C[C@@H]1CC[C@@H](C(C)(C)c2ccccc2)[C@H](OC(=O)[C@@H](c2cn(C)c3ccccc23)c2cccn2Cc2ccccc2)C1. The van der Waals surface area contributed by atoms with Gasteiger partial charge < -0.3 is 13.9 Å². The Labute approximate surface area is 250 Å². The van der Waals surface area contributed by atoms with Gasteiger partial charge in [0.2, 0.25) is 0 Å². The molecule has 1 saturated carbocycles. The van der Waals surface area contributed by atoms with E-state index in [1.54, 1.807) is 0 Å². The molecule has 5 aromatic rings. The fraction of sp³-hybridized carbons (Fsp3) is 0.342. The second-order valence-electron chi connectivity index (χ2n) is 12.8. The lowest BCUT2D eigenvalue weighted by Crippen LogP contribution is -2.44. The first-order chi connectivity index (χ1) is 20.3. The monoisotopic (exact) mass is 558 g/mol. The van der Waals surface area contributed by atoms with Gasteiger partial charge in [0.05, 0.1) is 0 Å². The van der Waals surface area contributed by atoms with Crippen LogP contribution in [-0.2, 0) is 28.5 Å². The molecule has 4 nitrogen and oxygen atoms in total. The van der Waals surface area contributed by atoms with Crippen molar-refractivity contribution >= 4 is 16.9 Å². The van der Waals surface area contributed by atoms with Crippen molar-refractivity contribution in [2.45, 2.75) is 64.0 Å². The van der Waals surface area contributed by atoms with Gasteiger partial charge in [-0.25, -0.2) is 0 Å². The molecule has 0 saturated heterocycles. The van der Waals surface area contributed by atoms with Crippen molar-refractivity contribution in [1.82, 2.24) is 9.13 Å². The quantitative estimate of drug-likeness (QED) is 0.179. The van der Waals surface area contributed by atoms with Gasteiger partial charge in [-0.15, -0.1) is 0 Å². The molecule has 0 radical (unpaired) electrons. The molecular weight excluding hydrogens is 516 g/mol. The number of hydrogen-bond acceptors (Lipinski definition) is 2. The summed E-state index contributed by atoms with van der Waals surface area (Å²) in [5.41, 5.74) is 5.45. The molecular formula is C38H42N2O2. The van der Waals surface area contributed by atoms with E-state index in [2.05, 4.69) is 134 Å². The number of nitrogens with zero attached hydrogens (tertiary/aromatic N) is 2. The second kappa shape index (κ2) is 11.7. The lowest BCUT2D eigenvalue weighted by molar-refractivity contribution is -0.157. The molecule has 216 valence electrons. The van der Waals surface area contributed by atoms with Crippen LogP contribution in [0.15, 0.2) is 109 Å². The van der Waals surface area contributed by atoms with Crippen LogP contribution in [0.2, 0.25) is 0 Å². The smallest absolute Gasteiger partial charge is 0.319 e. The molecule has 0 spiro atoms. The van der Waals surface area contributed by atoms with Gasteiger partial charge in [-0.05, 0) is 59.1 Å². The summed E-state index contributed by atoms with van der Waals surface area (Å²) in [7, 11) is 2.05. The summed E-state index contributed by atoms with van der Waals surface area (Å²) in [6.07, 6.45) is 7.14. The standard InChI is InChI=1S/C38H42N2O2/c1-27-21-22-32(38(2,3)29-16-9-6-10-17-29)35(24-27)42-37(41)36(31-26-39(4)33-19-12-11-18-30(31)33)34-20-13-23-40(34)25-28-14-7-5-8-15-28/h5-20,23,26-27,32,35-36H,21-22,24-25H2,1-4H3/t27-,32-,35-,36+/m1/s1. The van der Waals surface area contributed by atoms with Crippen molar-refractivity contribution in [2.75, 3.05) is 0 Å². The minimum Gasteiger partial charge on any atom is -0.461 e. The molecule has 1 aliphatic rings. The van der Waals surface area contributed by atoms with Crippen LogP contribution in [0.25, 0.3) is 10.9 Å². The van der Waals surface area contributed by atoms with E-state index in [1.807, 2.05) is 12.1 Å². The predicted octanol–water partition coefficient (Wildman–Crippen LogP) is 8.49. The van der Waals surface area contributed by atoms with E-state index in [4.69, 9.17) is 4.74 Å². The van der Waals surface area contributed by atoms with E-state index in [-0.39, 0.29) is 23.4 Å². The lowest BCUT2D eigenvalue weighted by Gasteiger charge is -2.44. The highest BCUT2D eigenvalue weighted by molar-refractivity contribution is 5.92. The Morgan fingerprint density at radius 1 is 0.905 bits per heavy atom. The van der Waals surface area contributed by atoms with E-state index < -0.39 is 5.92 Å². The number of para-hydroxylation sites is 1. The number of carbonyl (C=O) groups is 1. The fourth-order valence-electron chi connectivity index (χ4n) is 7.21. The van der Waals surface area contributed by atoms with Crippen LogP contribution >= 0.6 is 0 Å². The van der Waals surface area contributed by atoms with Crippen LogP contribution in [0.3, 0.4) is 0 Å². The second-order valence-corrected chi connectivity index (χ2v) is 12.8. The third-order valence-electron chi connectivity index (χ3n) is 9.60. The van der Waals surface area contributed by atoms with Crippen LogP contribution in [0.1, 0.15) is 68.3 Å². The highest BCUT2D eigenvalue weighted by Crippen LogP contribution is 2.44. The Hall–Kier alpha value is -4.05. The molecule has 2 heterocycles. The van der Waals surface area contributed by atoms with Crippen LogP contribution in [0, 0.1) is 11.8 Å². The molecule has 0 aliphatic heterocycles. The van der Waals surface area contributed by atoms with Gasteiger partial charge >= 0.3 is 5.97 Å². The number of rotatable bonds is 8. The first kappa shape index (κ1) is 28.1. The van der Waals surface area contributed by atoms with Gasteiger partial charge in [-0.2, -0.15) is 0 Å². The molecule has 1 fully saturated rings. The van der Waals surface area contributed by atoms with E-state index in [0.29, 0.717) is 12.5 Å². The molecule has 4 atom stereocenters. The number of ether oxygens (including phenoxy) is 1. The molecule has 4 heteroatoms. The lowest BCUT2D eigenvalue weighted by atomic mass is 9.64. The predicted molar refractivity (Wildman–Crippen MR) is 171 cm³/mol. The zero-order chi connectivity index (χ0) is 29.3. The molecule has 42 heavy (non-hydrogen) atoms. The van der Waals surface area contributed by atoms with E-state index in [1.165, 1.54) is 11.1 Å². The van der Waals surface area contributed by atoms with Gasteiger partial charge in [0, 0.05) is 48.5 Å². The zero-order valence-corrected chi connectivity index (χ0v) is 25.2. The van der Waals surface area contributed by atoms with E-state index in [0.717, 1.165) is 41.4 Å². The van der Waals surface area contributed by atoms with Gasteiger partial charge in [0.25, 0.3) is 0 Å². The van der Waals surface area contributed by atoms with Gasteiger partial charge in [0.1, 0.15) is 12.0 Å². The minimum atomic E-state index is -0.535. The maximum Gasteiger partial charge on any atom is 0.319 e. The summed E-state index contributed by atoms with van der Waals surface area (Å²) in [5, 5.41) is 1.09. The number of aryl methyl sites for hydroxylation is 1. The molecule has 1 aliphatic carbocycles. The molecule has 3 aromatic carbocycles. The maximum absolute atomic E-state index is 14.6. The van der Waals surface area contributed by atoms with Crippen molar-refractivity contribution < 1.29 is 9.53 Å². The minimum absolute atomic E-state index is 0.116. The van der Waals surface area contributed by atoms with Crippen LogP contribution in [0.5, 0.6) is 0 Å². The Morgan fingerprint density at radius 2 is 1.60 bits per heavy atom. The Morgan fingerprint density at radius 3 is 2.36 bits per heavy atom. The van der Waals surface area contributed by atoms with Crippen LogP contribution in [-0.4, -0.2) is 21.2 Å². The summed E-state index contributed by atoms with van der Waals surface area (Å²) in [4.78, 5) is 14.6. The van der Waals surface area contributed by atoms with Gasteiger partial charge in [-0.3, -0.25) is 4.79 Å². The Bertz CT molecular complexity index is 1650. The van der Waals surface area contributed by atoms with Crippen molar-refractivity contribution in [3.63, 3.8) is 0 Å². The van der Waals surface area contributed by atoms with Crippen molar-refractivity contribution in [2.24, 2.45) is 18.9 Å². The number of hydrogen-bond donors (Lipinski definition) is 0. The summed E-state index contributed by atoms with van der Waals surface area (Å²) < 4.78 is 11.1. The highest BCUT2D eigenvalue weighted by atomic mass is 16.5. The number of aromatic nitrogens is 2. The van der Waals surface area contributed by atoms with Crippen molar-refractivity contribution in [1.29, 1.82) is 0 Å². The van der Waals surface area contributed by atoms with Crippen molar-refractivity contribution in [3.8, 4) is 0 Å². The Balaban J connectivity index is 1.40. The molecule has 0 unspecified atom stereocenters. The average Bonchev–Trinajstić information content (AvgIpc) is 3.58. The largest absolute Gasteiger partial charge is 0.461 e. The zero-order valence-electron chi connectivity index (χ0n) is 25.2. The number of benzene rings is 3. The van der Waals surface area contributed by atoms with Gasteiger partial charge in [0.15, 0.2) is 0 Å². The molecule has 2 aromatic heterocycles. The average molecular weight is 559 g/mol. The molecule has 6 rings (SSSR count). The molecule has 0 bridgehead atoms. The number of esters is 1. The van der Waals surface area contributed by atoms with E-state index in [9.17, 15) is 4.79 Å². The third-order valence-corrected chi connectivity index (χ3v) is 9.60. The Kier molecular flexibility index (Phi) is 7.81. The normalized spacial score (nSPS) is 20.0. The first-order valence-electron chi connectivity index (χ1n) is 15.3. The van der Waals surface area contributed by atoms with Crippen LogP contribution in [0.4, 0.5) is 0 Å². The topological polar surface area (TPSA) is 36.2 Å². The summed E-state index contributed by atoms with van der Waals surface area (Å²) in [6.45, 7) is 7.62. The summed E-state index contributed by atoms with van der Waals surface area (Å²) >= 11 is 0. The fourth-order valence-corrected chi connectivity index (χ4v) is 7.21. The highest BCUT2D eigenvalue weighted by Gasteiger charge is 2.43. The summed E-state index contributed by atoms with van der Waals surface area (Å²) in [6, 6.07) is 33.6.